The molecule has 1 saturated heterocycles. The average molecular weight is 417 g/mol. The molecule has 3 aliphatic rings. The zero-order valence-electron chi connectivity index (χ0n) is 18.5. The number of nitrogens with zero attached hydrogens (tertiary/aromatic N) is 3. The number of aryl methyl sites for hydroxylation is 2. The Morgan fingerprint density at radius 1 is 1.00 bits per heavy atom. The second-order valence-electron chi connectivity index (χ2n) is 9.02. The van der Waals surface area contributed by atoms with Crippen LogP contribution in [0, 0.1) is 0 Å². The number of likely N-dealkylation sites (N-methyl/N-ethyl adjacent to an activating group) is 1. The lowest BCUT2D eigenvalue weighted by molar-refractivity contribution is 0.313. The lowest BCUT2D eigenvalue weighted by Crippen LogP contribution is -2.57. The number of rotatable bonds is 3. The van der Waals surface area contributed by atoms with Crippen LogP contribution in [-0.2, 0) is 18.5 Å². The van der Waals surface area contributed by atoms with E-state index in [0.29, 0.717) is 5.96 Å². The Labute approximate surface area is 184 Å². The third-order valence-electron chi connectivity index (χ3n) is 6.88. The van der Waals surface area contributed by atoms with Gasteiger partial charge in [-0.15, -0.1) is 0 Å². The van der Waals surface area contributed by atoms with Gasteiger partial charge in [-0.1, -0.05) is 18.2 Å². The van der Waals surface area contributed by atoms with Gasteiger partial charge < -0.3 is 26.2 Å². The molecule has 0 bridgehead atoms. The molecule has 2 aromatic rings. The number of aliphatic imine (C=N–C) groups is 1. The van der Waals surface area contributed by atoms with Crippen molar-refractivity contribution in [2.24, 2.45) is 10.7 Å². The van der Waals surface area contributed by atoms with Gasteiger partial charge >= 0.3 is 0 Å². The first-order chi connectivity index (χ1) is 15.0. The molecule has 4 N–H and O–H groups in total. The highest BCUT2D eigenvalue weighted by Crippen LogP contribution is 2.31. The Morgan fingerprint density at radius 2 is 1.74 bits per heavy atom. The predicted molar refractivity (Wildman–Crippen MR) is 128 cm³/mol. The van der Waals surface area contributed by atoms with E-state index in [1.54, 1.807) is 0 Å². The second kappa shape index (κ2) is 8.02. The summed E-state index contributed by atoms with van der Waals surface area (Å²) in [7, 11) is 2.18. The number of hydrogen-bond acceptors (Lipinski definition) is 6. The van der Waals surface area contributed by atoms with E-state index in [1.165, 1.54) is 29.7 Å². The summed E-state index contributed by atoms with van der Waals surface area (Å²) in [5.41, 5.74) is 13.3. The Hall–Kier alpha value is -2.83. The van der Waals surface area contributed by atoms with Crippen molar-refractivity contribution in [3.8, 4) is 0 Å². The lowest BCUT2D eigenvalue weighted by atomic mass is 9.90. The molecule has 0 aromatic heterocycles. The van der Waals surface area contributed by atoms with Gasteiger partial charge in [0.05, 0.1) is 0 Å². The number of fused-ring (bicyclic) bond motifs is 1. The van der Waals surface area contributed by atoms with E-state index in [4.69, 9.17) is 5.73 Å². The Morgan fingerprint density at radius 3 is 2.52 bits per heavy atom. The molecule has 2 heterocycles. The zero-order chi connectivity index (χ0) is 21.4. The summed E-state index contributed by atoms with van der Waals surface area (Å²) in [4.78, 5) is 9.36. The molecule has 1 fully saturated rings. The number of nitrogens with one attached hydrogen (secondary N) is 2. The minimum Gasteiger partial charge on any atom is -0.369 e. The van der Waals surface area contributed by atoms with E-state index in [1.807, 2.05) is 13.1 Å². The first-order valence-corrected chi connectivity index (χ1v) is 11.3. The van der Waals surface area contributed by atoms with Crippen LogP contribution in [0.25, 0.3) is 0 Å². The van der Waals surface area contributed by atoms with Gasteiger partial charge in [0, 0.05) is 43.8 Å². The summed E-state index contributed by atoms with van der Waals surface area (Å²) in [5.74, 6) is 0.668. The van der Waals surface area contributed by atoms with Gasteiger partial charge in [0.1, 0.15) is 5.66 Å². The quantitative estimate of drug-likeness (QED) is 0.718. The Kier molecular flexibility index (Phi) is 5.20. The van der Waals surface area contributed by atoms with Gasteiger partial charge in [0.2, 0.25) is 5.96 Å². The summed E-state index contributed by atoms with van der Waals surface area (Å²) in [6, 6.07) is 15.2. The van der Waals surface area contributed by atoms with E-state index in [9.17, 15) is 0 Å². The van der Waals surface area contributed by atoms with Crippen molar-refractivity contribution in [2.45, 2.75) is 31.8 Å². The number of guanidine groups is 1. The maximum atomic E-state index is 6.88. The highest BCUT2D eigenvalue weighted by atomic mass is 15.3. The highest BCUT2D eigenvalue weighted by Gasteiger charge is 2.33. The normalized spacial score (nSPS) is 23.6. The number of nitrogens with two attached hydrogens (primary N) is 1. The molecule has 0 saturated carbocycles. The van der Waals surface area contributed by atoms with Gasteiger partial charge in [-0.2, -0.15) is 0 Å². The van der Waals surface area contributed by atoms with Crippen LogP contribution in [0.15, 0.2) is 59.2 Å². The summed E-state index contributed by atoms with van der Waals surface area (Å²) >= 11 is 0. The first-order valence-electron chi connectivity index (χ1n) is 11.3. The topological polar surface area (TPSA) is 68.9 Å². The molecule has 162 valence electrons. The van der Waals surface area contributed by atoms with Gasteiger partial charge in [-0.3, -0.25) is 0 Å². The minimum absolute atomic E-state index is 0.668. The lowest BCUT2D eigenvalue weighted by Gasteiger charge is -2.36. The van der Waals surface area contributed by atoms with Crippen LogP contribution in [0.2, 0.25) is 0 Å². The molecule has 31 heavy (non-hydrogen) atoms. The minimum atomic E-state index is -0.762. The molecule has 6 heteroatoms. The predicted octanol–water partition coefficient (Wildman–Crippen LogP) is 3.01. The van der Waals surface area contributed by atoms with Gasteiger partial charge in [0.25, 0.3) is 0 Å². The molecule has 1 aliphatic carbocycles. The van der Waals surface area contributed by atoms with Crippen molar-refractivity contribution in [1.82, 2.24) is 10.2 Å². The van der Waals surface area contributed by atoms with Gasteiger partial charge in [0.15, 0.2) is 0 Å². The molecule has 1 atom stereocenters. The molecule has 2 aromatic carbocycles. The highest BCUT2D eigenvalue weighted by molar-refractivity contribution is 5.95. The summed E-state index contributed by atoms with van der Waals surface area (Å²) in [6.07, 6.45) is 5.41. The zero-order valence-corrected chi connectivity index (χ0v) is 18.5. The van der Waals surface area contributed by atoms with Crippen molar-refractivity contribution < 1.29 is 0 Å². The SMILES string of the molecule is CC1=CN=C(Nc2ccc(N3CCN(C)CC3)cc2)NC1(N)c1ccc2c(c1)CCC2. The summed E-state index contributed by atoms with van der Waals surface area (Å²) < 4.78 is 0. The van der Waals surface area contributed by atoms with Crippen molar-refractivity contribution in [3.05, 3.63) is 70.9 Å². The van der Waals surface area contributed by atoms with Crippen LogP contribution in [0.1, 0.15) is 30.0 Å². The van der Waals surface area contributed by atoms with Crippen LogP contribution >= 0.6 is 0 Å². The number of hydrogen-bond donors (Lipinski definition) is 3. The van der Waals surface area contributed by atoms with Crippen molar-refractivity contribution in [1.29, 1.82) is 0 Å². The third-order valence-corrected chi connectivity index (χ3v) is 6.88. The third kappa shape index (κ3) is 3.93. The van der Waals surface area contributed by atoms with Crippen LogP contribution in [0.5, 0.6) is 0 Å². The van der Waals surface area contributed by atoms with E-state index in [0.717, 1.165) is 49.4 Å². The summed E-state index contributed by atoms with van der Waals surface area (Å²) in [6.45, 7) is 6.38. The second-order valence-corrected chi connectivity index (χ2v) is 9.02. The van der Waals surface area contributed by atoms with Crippen LogP contribution < -0.4 is 21.3 Å². The molecule has 0 radical (unpaired) electrons. The Bertz CT molecular complexity index is 1020. The van der Waals surface area contributed by atoms with Crippen molar-refractivity contribution in [2.75, 3.05) is 43.4 Å². The van der Waals surface area contributed by atoms with Crippen LogP contribution in [-0.4, -0.2) is 44.1 Å². The van der Waals surface area contributed by atoms with Crippen molar-refractivity contribution in [3.63, 3.8) is 0 Å². The fourth-order valence-electron chi connectivity index (χ4n) is 4.72. The summed E-state index contributed by atoms with van der Waals surface area (Å²) in [5, 5.41) is 6.85. The van der Waals surface area contributed by atoms with E-state index < -0.39 is 5.66 Å². The fraction of sp³-hybridized carbons (Fsp3) is 0.400. The van der Waals surface area contributed by atoms with Crippen molar-refractivity contribution >= 4 is 17.3 Å². The molecule has 5 rings (SSSR count). The van der Waals surface area contributed by atoms with Crippen LogP contribution in [0.4, 0.5) is 11.4 Å². The average Bonchev–Trinajstić information content (AvgIpc) is 3.26. The maximum absolute atomic E-state index is 6.88. The molecule has 1 unspecified atom stereocenters. The molecule has 0 amide bonds. The smallest absolute Gasteiger partial charge is 0.202 e. The van der Waals surface area contributed by atoms with Gasteiger partial charge in [-0.05, 0) is 79.8 Å². The maximum Gasteiger partial charge on any atom is 0.202 e. The number of piperazine rings is 1. The molecular formula is C25H32N6. The fourth-order valence-corrected chi connectivity index (χ4v) is 4.72. The van der Waals surface area contributed by atoms with Crippen LogP contribution in [0.3, 0.4) is 0 Å². The van der Waals surface area contributed by atoms with E-state index in [-0.39, 0.29) is 0 Å². The molecule has 6 nitrogen and oxygen atoms in total. The molecule has 2 aliphatic heterocycles. The van der Waals surface area contributed by atoms with E-state index >= 15 is 0 Å². The van der Waals surface area contributed by atoms with Gasteiger partial charge in [-0.25, -0.2) is 4.99 Å². The number of benzene rings is 2. The molecular weight excluding hydrogens is 384 g/mol. The Balaban J connectivity index is 1.30. The first kappa shape index (κ1) is 20.1. The van der Waals surface area contributed by atoms with E-state index in [2.05, 4.69) is 74.9 Å². The largest absolute Gasteiger partial charge is 0.369 e. The number of anilines is 2. The monoisotopic (exact) mass is 416 g/mol. The molecule has 0 spiro atoms. The standard InChI is InChI=1S/C25H32N6/c1-18-17-27-24(29-25(18,26)21-7-6-19-4-3-5-20(19)16-21)28-22-8-10-23(11-9-22)31-14-12-30(2)13-15-31/h6-11,16-17H,3-5,12-15,26H2,1-2H3,(H2,27,28,29).